The van der Waals surface area contributed by atoms with Gasteiger partial charge in [-0.1, -0.05) is 11.3 Å². The normalized spacial score (nSPS) is 10.6. The summed E-state index contributed by atoms with van der Waals surface area (Å²) in [4.78, 5) is 16.6. The minimum Gasteiger partial charge on any atom is -0.494 e. The van der Waals surface area contributed by atoms with E-state index in [0.717, 1.165) is 27.0 Å². The van der Waals surface area contributed by atoms with Crippen molar-refractivity contribution in [1.82, 2.24) is 15.2 Å². The number of carbonyl (C=O) groups excluding carboxylic acids is 1. The van der Waals surface area contributed by atoms with Crippen LogP contribution in [0.5, 0.6) is 5.75 Å². The van der Waals surface area contributed by atoms with E-state index in [1.165, 1.54) is 22.7 Å². The van der Waals surface area contributed by atoms with Gasteiger partial charge in [-0.3, -0.25) is 4.79 Å². The summed E-state index contributed by atoms with van der Waals surface area (Å²) >= 11 is 2.87. The number of amides is 1. The molecule has 0 spiro atoms. The Morgan fingerprint density at radius 2 is 2.04 bits per heavy atom. The molecule has 3 rings (SSSR count). The van der Waals surface area contributed by atoms with Gasteiger partial charge in [-0.05, 0) is 38.1 Å². The molecule has 0 saturated heterocycles. The summed E-state index contributed by atoms with van der Waals surface area (Å²) in [5.41, 5.74) is 1.75. The Morgan fingerprint density at radius 3 is 2.71 bits per heavy atom. The number of nitrogens with zero attached hydrogens (tertiary/aromatic N) is 3. The number of benzene rings is 1. The molecule has 0 radical (unpaired) electrons. The van der Waals surface area contributed by atoms with Crippen LogP contribution in [0.1, 0.15) is 17.6 Å². The van der Waals surface area contributed by atoms with Crippen LogP contribution in [0.4, 0.5) is 5.13 Å². The van der Waals surface area contributed by atoms with Crippen LogP contribution in [0.3, 0.4) is 0 Å². The third-order valence-corrected chi connectivity index (χ3v) is 4.77. The molecule has 24 heavy (non-hydrogen) atoms. The van der Waals surface area contributed by atoms with Crippen LogP contribution < -0.4 is 10.1 Å². The van der Waals surface area contributed by atoms with Crippen LogP contribution in [0.2, 0.25) is 0 Å². The minimum absolute atomic E-state index is 0.144. The summed E-state index contributed by atoms with van der Waals surface area (Å²) in [7, 11) is 0. The summed E-state index contributed by atoms with van der Waals surface area (Å²) in [5, 5.41) is 14.6. The molecule has 2 aromatic heterocycles. The second kappa shape index (κ2) is 7.50. The van der Waals surface area contributed by atoms with Gasteiger partial charge in [-0.2, -0.15) is 0 Å². The molecule has 1 aromatic carbocycles. The third kappa shape index (κ3) is 4.15. The van der Waals surface area contributed by atoms with Gasteiger partial charge >= 0.3 is 0 Å². The zero-order valence-corrected chi connectivity index (χ0v) is 14.9. The number of ether oxygens (including phenoxy) is 1. The number of hydrogen-bond acceptors (Lipinski definition) is 7. The van der Waals surface area contributed by atoms with Crippen LogP contribution >= 0.6 is 22.7 Å². The molecular formula is C16H16N4O2S2. The lowest BCUT2D eigenvalue weighted by Gasteiger charge is -2.03. The Hall–Kier alpha value is -2.32. The van der Waals surface area contributed by atoms with Crippen molar-refractivity contribution in [3.8, 4) is 16.3 Å². The van der Waals surface area contributed by atoms with Crippen molar-refractivity contribution in [2.24, 2.45) is 0 Å². The summed E-state index contributed by atoms with van der Waals surface area (Å²) in [6, 6.07) is 7.78. The first-order chi connectivity index (χ1) is 11.6. The van der Waals surface area contributed by atoms with Gasteiger partial charge < -0.3 is 10.1 Å². The maximum Gasteiger partial charge on any atom is 0.232 e. The van der Waals surface area contributed by atoms with E-state index in [4.69, 9.17) is 4.74 Å². The molecule has 8 heteroatoms. The van der Waals surface area contributed by atoms with Crippen molar-refractivity contribution in [3.63, 3.8) is 0 Å². The number of aromatic nitrogens is 3. The van der Waals surface area contributed by atoms with Crippen molar-refractivity contribution in [1.29, 1.82) is 0 Å². The molecule has 0 aliphatic heterocycles. The molecule has 1 amide bonds. The second-order valence-electron chi connectivity index (χ2n) is 4.95. The Balaban J connectivity index is 1.63. The van der Waals surface area contributed by atoms with Gasteiger partial charge in [0, 0.05) is 10.9 Å². The van der Waals surface area contributed by atoms with Crippen molar-refractivity contribution >= 4 is 33.7 Å². The zero-order valence-electron chi connectivity index (χ0n) is 13.3. The fourth-order valence-electron chi connectivity index (χ4n) is 2.06. The number of aryl methyl sites for hydroxylation is 1. The van der Waals surface area contributed by atoms with E-state index < -0.39 is 0 Å². The van der Waals surface area contributed by atoms with Gasteiger partial charge in [0.25, 0.3) is 0 Å². The highest BCUT2D eigenvalue weighted by Gasteiger charge is 2.11. The fourth-order valence-corrected chi connectivity index (χ4v) is 3.49. The van der Waals surface area contributed by atoms with E-state index in [-0.39, 0.29) is 12.3 Å². The second-order valence-corrected chi connectivity index (χ2v) is 6.99. The number of thiazole rings is 1. The highest BCUT2D eigenvalue weighted by atomic mass is 32.1. The number of hydrogen-bond donors (Lipinski definition) is 1. The summed E-state index contributed by atoms with van der Waals surface area (Å²) < 4.78 is 5.43. The number of carbonyl (C=O) groups is 1. The molecule has 0 aliphatic rings. The monoisotopic (exact) mass is 360 g/mol. The van der Waals surface area contributed by atoms with Crippen LogP contribution in [0, 0.1) is 6.92 Å². The van der Waals surface area contributed by atoms with Gasteiger partial charge in [-0.15, -0.1) is 21.5 Å². The molecule has 1 N–H and O–H groups in total. The average molecular weight is 360 g/mol. The Labute approximate surface area is 147 Å². The molecule has 6 nitrogen and oxygen atoms in total. The molecular weight excluding hydrogens is 344 g/mol. The largest absolute Gasteiger partial charge is 0.494 e. The average Bonchev–Trinajstić information content (AvgIpc) is 3.18. The first kappa shape index (κ1) is 16.5. The van der Waals surface area contributed by atoms with E-state index in [2.05, 4.69) is 20.5 Å². The smallest absolute Gasteiger partial charge is 0.232 e. The molecule has 0 unspecified atom stereocenters. The summed E-state index contributed by atoms with van der Waals surface area (Å²) in [6.45, 7) is 4.44. The lowest BCUT2D eigenvalue weighted by Crippen LogP contribution is -2.14. The predicted molar refractivity (Wildman–Crippen MR) is 95.7 cm³/mol. The molecule has 0 fully saturated rings. The SMILES string of the molecule is CCOc1ccc(-c2nc(CC(=O)Nc3nnc(C)s3)cs2)cc1. The third-order valence-electron chi connectivity index (χ3n) is 3.08. The molecule has 0 bridgehead atoms. The summed E-state index contributed by atoms with van der Waals surface area (Å²) in [5.74, 6) is 0.694. The van der Waals surface area contributed by atoms with Gasteiger partial charge in [0.2, 0.25) is 11.0 Å². The van der Waals surface area contributed by atoms with Crippen LogP contribution in [-0.4, -0.2) is 27.7 Å². The highest BCUT2D eigenvalue weighted by molar-refractivity contribution is 7.15. The topological polar surface area (TPSA) is 77.0 Å². The highest BCUT2D eigenvalue weighted by Crippen LogP contribution is 2.26. The van der Waals surface area contributed by atoms with Gasteiger partial charge in [0.05, 0.1) is 18.7 Å². The van der Waals surface area contributed by atoms with Crippen LogP contribution in [0.15, 0.2) is 29.6 Å². The van der Waals surface area contributed by atoms with Gasteiger partial charge in [0.15, 0.2) is 0 Å². The number of anilines is 1. The van der Waals surface area contributed by atoms with Crippen molar-refractivity contribution < 1.29 is 9.53 Å². The van der Waals surface area contributed by atoms with E-state index in [1.807, 2.05) is 43.5 Å². The Kier molecular flexibility index (Phi) is 5.17. The van der Waals surface area contributed by atoms with Gasteiger partial charge in [0.1, 0.15) is 15.8 Å². The van der Waals surface area contributed by atoms with E-state index in [9.17, 15) is 4.79 Å². The Bertz CT molecular complexity index is 827. The number of nitrogens with one attached hydrogen (secondary N) is 1. The standard InChI is InChI=1S/C16H16N4O2S2/c1-3-22-13-6-4-11(5-7-13)15-17-12(9-23-15)8-14(21)18-16-20-19-10(2)24-16/h4-7,9H,3,8H2,1-2H3,(H,18,20,21). The molecule has 0 atom stereocenters. The summed E-state index contributed by atoms with van der Waals surface area (Å²) in [6.07, 6.45) is 0.214. The lowest BCUT2D eigenvalue weighted by atomic mass is 10.2. The van der Waals surface area contributed by atoms with Crippen molar-refractivity contribution in [2.75, 3.05) is 11.9 Å². The first-order valence-corrected chi connectivity index (χ1v) is 9.11. The molecule has 3 aromatic rings. The fraction of sp³-hybridized carbons (Fsp3) is 0.250. The molecule has 0 saturated carbocycles. The van der Waals surface area contributed by atoms with E-state index >= 15 is 0 Å². The molecule has 124 valence electrons. The Morgan fingerprint density at radius 1 is 1.25 bits per heavy atom. The van der Waals surface area contributed by atoms with E-state index in [1.54, 1.807) is 0 Å². The maximum atomic E-state index is 12.0. The lowest BCUT2D eigenvalue weighted by molar-refractivity contribution is -0.115. The predicted octanol–water partition coefficient (Wildman–Crippen LogP) is 3.55. The minimum atomic E-state index is -0.144. The maximum absolute atomic E-state index is 12.0. The van der Waals surface area contributed by atoms with Crippen molar-refractivity contribution in [2.45, 2.75) is 20.3 Å². The molecule has 0 aliphatic carbocycles. The van der Waals surface area contributed by atoms with E-state index in [0.29, 0.717) is 11.7 Å². The van der Waals surface area contributed by atoms with Crippen LogP contribution in [0.25, 0.3) is 10.6 Å². The van der Waals surface area contributed by atoms with Crippen LogP contribution in [-0.2, 0) is 11.2 Å². The first-order valence-electron chi connectivity index (χ1n) is 7.41. The zero-order chi connectivity index (χ0) is 16.9. The van der Waals surface area contributed by atoms with Crippen molar-refractivity contribution in [3.05, 3.63) is 40.3 Å². The number of rotatable bonds is 6. The van der Waals surface area contributed by atoms with Gasteiger partial charge in [-0.25, -0.2) is 4.98 Å². The molecule has 2 heterocycles. The quantitative estimate of drug-likeness (QED) is 0.727.